The largest absolute Gasteiger partial charge is 0.496 e. The number of nitrogens with one attached hydrogen (secondary N) is 1. The van der Waals surface area contributed by atoms with Crippen molar-refractivity contribution in [2.45, 2.75) is 13.0 Å². The third-order valence-electron chi connectivity index (χ3n) is 4.03. The molecule has 0 spiro atoms. The predicted molar refractivity (Wildman–Crippen MR) is 83.3 cm³/mol. The van der Waals surface area contributed by atoms with E-state index in [1.807, 2.05) is 0 Å². The lowest BCUT2D eigenvalue weighted by molar-refractivity contribution is 0.280. The highest BCUT2D eigenvalue weighted by molar-refractivity contribution is 5.87. The monoisotopic (exact) mass is 270 g/mol. The van der Waals surface area contributed by atoms with Crippen molar-refractivity contribution in [2.24, 2.45) is 0 Å². The minimum absolute atomic E-state index is 0.964. The van der Waals surface area contributed by atoms with E-state index < -0.39 is 0 Å². The molecule has 0 atom stereocenters. The first kappa shape index (κ1) is 13.4. The highest BCUT2D eigenvalue weighted by Crippen LogP contribution is 2.29. The van der Waals surface area contributed by atoms with E-state index in [1.54, 1.807) is 7.11 Å². The average molecular weight is 270 g/mol. The highest BCUT2D eigenvalue weighted by atomic mass is 16.5. The molecule has 3 heteroatoms. The Labute approximate surface area is 120 Å². The maximum absolute atomic E-state index is 5.58. The standard InChI is InChI=1S/C17H22N2O/c1-20-17-8-7-14-5-2-3-6-15(14)16(17)13-19-11-4-9-18-10-12-19/h2-3,5-8,18H,4,9-13H2,1H3. The summed E-state index contributed by atoms with van der Waals surface area (Å²) in [7, 11) is 1.76. The van der Waals surface area contributed by atoms with Crippen LogP contribution >= 0.6 is 0 Å². The molecule has 3 nitrogen and oxygen atoms in total. The van der Waals surface area contributed by atoms with E-state index in [4.69, 9.17) is 4.74 Å². The van der Waals surface area contributed by atoms with Crippen molar-refractivity contribution in [3.8, 4) is 5.75 Å². The van der Waals surface area contributed by atoms with Crippen molar-refractivity contribution in [3.63, 3.8) is 0 Å². The number of ether oxygens (including phenoxy) is 1. The van der Waals surface area contributed by atoms with Crippen LogP contribution in [0.5, 0.6) is 5.75 Å². The molecule has 106 valence electrons. The van der Waals surface area contributed by atoms with Crippen molar-refractivity contribution in [2.75, 3.05) is 33.3 Å². The van der Waals surface area contributed by atoms with Crippen molar-refractivity contribution in [1.82, 2.24) is 10.2 Å². The highest BCUT2D eigenvalue weighted by Gasteiger charge is 2.14. The van der Waals surface area contributed by atoms with Gasteiger partial charge in [0.1, 0.15) is 5.75 Å². The lowest BCUT2D eigenvalue weighted by Gasteiger charge is -2.22. The number of rotatable bonds is 3. The van der Waals surface area contributed by atoms with Gasteiger partial charge in [0.2, 0.25) is 0 Å². The molecule has 0 amide bonds. The van der Waals surface area contributed by atoms with E-state index in [-0.39, 0.29) is 0 Å². The zero-order valence-electron chi connectivity index (χ0n) is 12.1. The maximum Gasteiger partial charge on any atom is 0.123 e. The summed E-state index contributed by atoms with van der Waals surface area (Å²) in [5.74, 6) is 1.00. The number of fused-ring (bicyclic) bond motifs is 1. The Balaban J connectivity index is 1.95. The number of nitrogens with zero attached hydrogens (tertiary/aromatic N) is 1. The maximum atomic E-state index is 5.58. The Morgan fingerprint density at radius 1 is 1.10 bits per heavy atom. The molecule has 2 aromatic carbocycles. The quantitative estimate of drug-likeness (QED) is 0.928. The van der Waals surface area contributed by atoms with Crippen molar-refractivity contribution in [3.05, 3.63) is 42.0 Å². The van der Waals surface area contributed by atoms with Crippen LogP contribution in [0.2, 0.25) is 0 Å². The van der Waals surface area contributed by atoms with Crippen molar-refractivity contribution in [1.29, 1.82) is 0 Å². The molecule has 1 aliphatic rings. The molecule has 1 N–H and O–H groups in total. The van der Waals surface area contributed by atoms with Crippen LogP contribution in [0, 0.1) is 0 Å². The molecule has 0 unspecified atom stereocenters. The van der Waals surface area contributed by atoms with E-state index in [0.717, 1.165) is 38.5 Å². The molecule has 0 aliphatic carbocycles. The molecule has 1 aliphatic heterocycles. The molecule has 2 aromatic rings. The number of benzene rings is 2. The van der Waals surface area contributed by atoms with Gasteiger partial charge in [-0.1, -0.05) is 30.3 Å². The van der Waals surface area contributed by atoms with Crippen LogP contribution in [-0.2, 0) is 6.54 Å². The fraction of sp³-hybridized carbons (Fsp3) is 0.412. The molecular formula is C17H22N2O. The third-order valence-corrected chi connectivity index (χ3v) is 4.03. The molecule has 1 heterocycles. The van der Waals surface area contributed by atoms with Gasteiger partial charge in [0, 0.05) is 25.2 Å². The van der Waals surface area contributed by atoms with Gasteiger partial charge in [-0.2, -0.15) is 0 Å². The van der Waals surface area contributed by atoms with E-state index in [9.17, 15) is 0 Å². The Kier molecular flexibility index (Phi) is 4.19. The molecule has 20 heavy (non-hydrogen) atoms. The van der Waals surface area contributed by atoms with Crippen LogP contribution < -0.4 is 10.1 Å². The first-order chi connectivity index (χ1) is 9.88. The summed E-state index contributed by atoms with van der Waals surface area (Å²) in [5.41, 5.74) is 1.31. The fourth-order valence-electron chi connectivity index (χ4n) is 2.95. The topological polar surface area (TPSA) is 24.5 Å². The second kappa shape index (κ2) is 6.25. The van der Waals surface area contributed by atoms with Gasteiger partial charge in [-0.05, 0) is 36.3 Å². The zero-order valence-corrected chi connectivity index (χ0v) is 12.1. The predicted octanol–water partition coefficient (Wildman–Crippen LogP) is 2.64. The molecular weight excluding hydrogens is 248 g/mol. The number of methoxy groups -OCH3 is 1. The summed E-state index contributed by atoms with van der Waals surface area (Å²) in [4.78, 5) is 2.52. The van der Waals surface area contributed by atoms with E-state index in [0.29, 0.717) is 0 Å². The van der Waals surface area contributed by atoms with Gasteiger partial charge in [-0.3, -0.25) is 4.90 Å². The zero-order chi connectivity index (χ0) is 13.8. The van der Waals surface area contributed by atoms with Crippen LogP contribution in [0.1, 0.15) is 12.0 Å². The van der Waals surface area contributed by atoms with Crippen molar-refractivity contribution >= 4 is 10.8 Å². The van der Waals surface area contributed by atoms with Crippen LogP contribution in [-0.4, -0.2) is 38.2 Å². The van der Waals surface area contributed by atoms with Gasteiger partial charge in [0.15, 0.2) is 0 Å². The van der Waals surface area contributed by atoms with Crippen LogP contribution in [0.15, 0.2) is 36.4 Å². The Hall–Kier alpha value is -1.58. The van der Waals surface area contributed by atoms with Crippen LogP contribution in [0.25, 0.3) is 10.8 Å². The second-order valence-corrected chi connectivity index (χ2v) is 5.35. The molecule has 0 radical (unpaired) electrons. The number of hydrogen-bond donors (Lipinski definition) is 1. The fourth-order valence-corrected chi connectivity index (χ4v) is 2.95. The SMILES string of the molecule is COc1ccc2ccccc2c1CN1CCCNCC1. The van der Waals surface area contributed by atoms with Crippen LogP contribution in [0.3, 0.4) is 0 Å². The Morgan fingerprint density at radius 3 is 2.90 bits per heavy atom. The Morgan fingerprint density at radius 2 is 2.00 bits per heavy atom. The minimum Gasteiger partial charge on any atom is -0.496 e. The first-order valence-electron chi connectivity index (χ1n) is 7.36. The lowest BCUT2D eigenvalue weighted by Crippen LogP contribution is -2.27. The van der Waals surface area contributed by atoms with Gasteiger partial charge < -0.3 is 10.1 Å². The second-order valence-electron chi connectivity index (χ2n) is 5.35. The third kappa shape index (κ3) is 2.79. The summed E-state index contributed by atoms with van der Waals surface area (Å²) < 4.78 is 5.58. The smallest absolute Gasteiger partial charge is 0.123 e. The molecule has 1 fully saturated rings. The Bertz CT molecular complexity index is 574. The van der Waals surface area contributed by atoms with Gasteiger partial charge >= 0.3 is 0 Å². The van der Waals surface area contributed by atoms with E-state index in [2.05, 4.69) is 46.6 Å². The molecule has 0 saturated carbocycles. The average Bonchev–Trinajstić information content (AvgIpc) is 2.76. The van der Waals surface area contributed by atoms with Gasteiger partial charge in [-0.15, -0.1) is 0 Å². The lowest BCUT2D eigenvalue weighted by atomic mass is 10.0. The normalized spacial score (nSPS) is 17.1. The summed E-state index contributed by atoms with van der Waals surface area (Å²) in [6.07, 6.45) is 1.22. The summed E-state index contributed by atoms with van der Waals surface area (Å²) in [6.45, 7) is 5.42. The molecule has 3 rings (SSSR count). The first-order valence-corrected chi connectivity index (χ1v) is 7.36. The van der Waals surface area contributed by atoms with E-state index >= 15 is 0 Å². The number of hydrogen-bond acceptors (Lipinski definition) is 3. The van der Waals surface area contributed by atoms with Crippen molar-refractivity contribution < 1.29 is 4.74 Å². The molecule has 0 bridgehead atoms. The van der Waals surface area contributed by atoms with Gasteiger partial charge in [-0.25, -0.2) is 0 Å². The van der Waals surface area contributed by atoms with Gasteiger partial charge in [0.25, 0.3) is 0 Å². The van der Waals surface area contributed by atoms with Crippen LogP contribution in [0.4, 0.5) is 0 Å². The summed E-state index contributed by atoms with van der Waals surface area (Å²) in [6, 6.07) is 12.8. The molecule has 1 saturated heterocycles. The van der Waals surface area contributed by atoms with E-state index in [1.165, 1.54) is 22.8 Å². The molecule has 0 aromatic heterocycles. The van der Waals surface area contributed by atoms with Gasteiger partial charge in [0.05, 0.1) is 7.11 Å². The summed E-state index contributed by atoms with van der Waals surface area (Å²) >= 11 is 0. The minimum atomic E-state index is 0.964. The summed E-state index contributed by atoms with van der Waals surface area (Å²) in [5, 5.41) is 6.05.